The smallest absolute Gasteiger partial charge is 0.341 e. The van der Waals surface area contributed by atoms with Gasteiger partial charge in [0.25, 0.3) is 0 Å². The van der Waals surface area contributed by atoms with Crippen LogP contribution >= 0.6 is 0 Å². The zero-order valence-electron chi connectivity index (χ0n) is 45.4. The second-order valence-electron chi connectivity index (χ2n) is 22.2. The van der Waals surface area contributed by atoms with Crippen LogP contribution in [0.5, 0.6) is 0 Å². The number of methoxy groups -OCH3 is 2. The summed E-state index contributed by atoms with van der Waals surface area (Å²) in [6, 6.07) is 5.27. The summed E-state index contributed by atoms with van der Waals surface area (Å²) in [5.41, 5.74) is -3.48. The topological polar surface area (TPSA) is 238 Å². The van der Waals surface area contributed by atoms with Gasteiger partial charge in [0.2, 0.25) is 5.43 Å². The number of carbonyl (C=O) groups excluding carboxylic acids is 2. The van der Waals surface area contributed by atoms with Crippen molar-refractivity contribution in [3.05, 3.63) is 45.7 Å². The van der Waals surface area contributed by atoms with Crippen molar-refractivity contribution >= 4 is 28.6 Å². The number of carbonyl (C=O) groups is 3. The summed E-state index contributed by atoms with van der Waals surface area (Å²) in [4.78, 5) is 57.3. The number of Topliss-reactive ketones (excluding diaryl/α,β-unsaturated/α-hetero) is 1. The summed E-state index contributed by atoms with van der Waals surface area (Å²) in [5, 5.41) is 46.5. The number of hydrogen-bond donors (Lipinski definition) is 4. The minimum Gasteiger partial charge on any atom is -0.477 e. The number of carboxylic acids is 1. The highest BCUT2D eigenvalue weighted by molar-refractivity contribution is 5.93. The van der Waals surface area contributed by atoms with E-state index < -0.39 is 113 Å². The lowest BCUT2D eigenvalue weighted by Gasteiger charge is -2.50. The first-order chi connectivity index (χ1) is 34.2. The zero-order chi connectivity index (χ0) is 54.1. The molecule has 1 aromatic carbocycles. The molecule has 4 heterocycles. The fraction of sp³-hybridized carbons (Fsp3) is 0.774. The normalized spacial score (nSPS) is 37.7. The fourth-order valence-corrected chi connectivity index (χ4v) is 11.5. The molecular formula is C53H84N4O16. The van der Waals surface area contributed by atoms with E-state index in [2.05, 4.69) is 4.90 Å². The van der Waals surface area contributed by atoms with Crippen LogP contribution in [0.3, 0.4) is 0 Å². The van der Waals surface area contributed by atoms with E-state index in [-0.39, 0.29) is 43.4 Å². The maximum atomic E-state index is 14.3. The Bertz CT molecular complexity index is 2300. The van der Waals surface area contributed by atoms with Gasteiger partial charge < -0.3 is 73.1 Å². The number of aliphatic hydroxyl groups is 3. The third-order valence-corrected chi connectivity index (χ3v) is 16.3. The molecule has 0 unspecified atom stereocenters. The second-order valence-corrected chi connectivity index (χ2v) is 22.2. The zero-order valence-corrected chi connectivity index (χ0v) is 45.4. The number of esters is 1. The number of aliphatic hydroxyl groups excluding tert-OH is 2. The van der Waals surface area contributed by atoms with E-state index in [9.17, 15) is 39.6 Å². The highest BCUT2D eigenvalue weighted by Gasteiger charge is 2.59. The van der Waals surface area contributed by atoms with Gasteiger partial charge in [-0.15, -0.1) is 0 Å². The van der Waals surface area contributed by atoms with Crippen LogP contribution < -0.4 is 10.4 Å². The first-order valence-corrected chi connectivity index (χ1v) is 25.8. The van der Waals surface area contributed by atoms with E-state index in [0.29, 0.717) is 36.9 Å². The van der Waals surface area contributed by atoms with Gasteiger partial charge in [-0.05, 0) is 119 Å². The van der Waals surface area contributed by atoms with Crippen LogP contribution in [0, 0.1) is 17.8 Å². The summed E-state index contributed by atoms with van der Waals surface area (Å²) in [6.45, 7) is 14.3. The Morgan fingerprint density at radius 3 is 2.18 bits per heavy atom. The molecule has 1 saturated carbocycles. The third-order valence-electron chi connectivity index (χ3n) is 16.3. The van der Waals surface area contributed by atoms with E-state index in [0.717, 1.165) is 18.5 Å². The van der Waals surface area contributed by atoms with E-state index in [1.165, 1.54) is 13.3 Å². The molecule has 1 aromatic heterocycles. The average Bonchev–Trinajstić information content (AvgIpc) is 3.33. The van der Waals surface area contributed by atoms with Crippen LogP contribution in [-0.2, 0) is 53.9 Å². The number of pyridine rings is 1. The largest absolute Gasteiger partial charge is 0.477 e. The highest BCUT2D eigenvalue weighted by atomic mass is 16.7. The number of nitrogens with zero attached hydrogens (tertiary/aromatic N) is 4. The van der Waals surface area contributed by atoms with Crippen LogP contribution in [0.15, 0.2) is 29.2 Å². The van der Waals surface area contributed by atoms with Gasteiger partial charge in [-0.2, -0.15) is 0 Å². The van der Waals surface area contributed by atoms with Gasteiger partial charge in [-0.1, -0.05) is 19.9 Å². The number of fused-ring (bicyclic) bond motifs is 2. The molecule has 3 aliphatic heterocycles. The van der Waals surface area contributed by atoms with Crippen LogP contribution in [0.1, 0.15) is 103 Å². The van der Waals surface area contributed by atoms with Gasteiger partial charge in [0.1, 0.15) is 35.6 Å². The monoisotopic (exact) mass is 1030 g/mol. The molecule has 0 bridgehead atoms. The van der Waals surface area contributed by atoms with E-state index in [1.807, 2.05) is 65.9 Å². The van der Waals surface area contributed by atoms with Gasteiger partial charge in [-0.25, -0.2) is 4.79 Å². The predicted octanol–water partition coefficient (Wildman–Crippen LogP) is 2.97. The van der Waals surface area contributed by atoms with Gasteiger partial charge in [0.05, 0.1) is 53.7 Å². The number of likely N-dealkylation sites (N-methyl/N-ethyl adjacent to an activating group) is 2. The van der Waals surface area contributed by atoms with E-state index in [4.69, 9.17) is 37.9 Å². The molecular weight excluding hydrogens is 949 g/mol. The third kappa shape index (κ3) is 12.5. The number of aromatic carboxylic acids is 1. The average molecular weight is 1030 g/mol. The number of rotatable bonds is 17. The number of carboxylic acid groups (broad SMARTS) is 1. The predicted molar refractivity (Wildman–Crippen MR) is 270 cm³/mol. The fourth-order valence-electron chi connectivity index (χ4n) is 11.5. The van der Waals surface area contributed by atoms with Crippen LogP contribution in [0.25, 0.3) is 10.9 Å². The van der Waals surface area contributed by atoms with E-state index in [1.54, 1.807) is 57.7 Å². The van der Waals surface area contributed by atoms with E-state index >= 15 is 0 Å². The van der Waals surface area contributed by atoms with Crippen molar-refractivity contribution in [2.75, 3.05) is 74.2 Å². The van der Waals surface area contributed by atoms with Gasteiger partial charge >= 0.3 is 11.9 Å². The molecule has 0 radical (unpaired) electrons. The molecule has 2 aromatic rings. The number of hydrogen-bond acceptors (Lipinski definition) is 18. The van der Waals surface area contributed by atoms with Crippen LogP contribution in [0.2, 0.25) is 0 Å². The molecule has 4 N–H and O–H groups in total. The molecule has 6 rings (SSSR count). The minimum absolute atomic E-state index is 0.0232. The first kappa shape index (κ1) is 58.6. The summed E-state index contributed by atoms with van der Waals surface area (Å²) in [6.07, 6.45) is -5.69. The number of ketones is 1. The molecule has 4 aliphatic rings. The quantitative estimate of drug-likeness (QED) is 0.167. The molecule has 20 heteroatoms. The Morgan fingerprint density at radius 2 is 1.58 bits per heavy atom. The van der Waals surface area contributed by atoms with Crippen molar-refractivity contribution in [3.8, 4) is 0 Å². The second kappa shape index (κ2) is 23.7. The standard InChI is InChI=1S/C53H84N4O16/c1-29-26-51(6,66-13)46(73-50-43(60)38(54(8)9)24-30(2)69-50)31(3)44(32(4)49(64)71-39-19-20-53(39,65)45(61)41(29)58)72-40-27-52(7,67-14)47(33(5)70-40)68-23-22-56(12)21-15-16-34-17-18-37-35(25-34)42(59)36(48(62)63)28-57(37)55(10)11/h17-18,25,28-33,38-40,43-47,50,60-61,65H,15-16,19-24,26-27H2,1-14H3,(H,62,63)/t29-,30-,31+,32-,33+,38+,39-,40+,43-,44+,45-,46-,47+,50+,51-,52-,53-/m1/s1. The maximum absolute atomic E-state index is 14.3. The molecule has 4 fully saturated rings. The molecule has 0 amide bonds. The lowest BCUT2D eigenvalue weighted by atomic mass is 9.69. The Hall–Kier alpha value is -3.64. The molecule has 73 heavy (non-hydrogen) atoms. The SMILES string of the molecule is CO[C@]1(C)C[C@@H](C)C(=O)[C@@H](O)[C@@]2(O)CC[C@H]2OC(=O)[C@H](C)[C@@H](O[C@H]2C[C@@](C)(OC)[C@@H](OCCN(C)CCCc3ccc4c(c3)c(=O)c(C(=O)O)cn4N(C)C)[C@H](C)O2)[C@H](C)[C@H]1O[C@@H]1O[C@H](C)C[C@H](N(C)C)[C@H]1O. The number of aromatic nitrogens is 1. The highest BCUT2D eigenvalue weighted by Crippen LogP contribution is 2.44. The Balaban J connectivity index is 1.18. The summed E-state index contributed by atoms with van der Waals surface area (Å²) in [7, 11) is 12.4. The van der Waals surface area contributed by atoms with Crippen molar-refractivity contribution in [1.82, 2.24) is 14.5 Å². The maximum Gasteiger partial charge on any atom is 0.341 e. The minimum atomic E-state index is -1.98. The Kier molecular flexibility index (Phi) is 19.0. The van der Waals surface area contributed by atoms with Crippen molar-refractivity contribution in [2.24, 2.45) is 17.8 Å². The molecule has 1 aliphatic carbocycles. The van der Waals surface area contributed by atoms with Crippen molar-refractivity contribution in [1.29, 1.82) is 0 Å². The van der Waals surface area contributed by atoms with Gasteiger partial charge in [0, 0.05) is 70.7 Å². The molecule has 3 saturated heterocycles. The van der Waals surface area contributed by atoms with Crippen LogP contribution in [0.4, 0.5) is 0 Å². The summed E-state index contributed by atoms with van der Waals surface area (Å²) < 4.78 is 53.4. The molecule has 20 nitrogen and oxygen atoms in total. The first-order valence-electron chi connectivity index (χ1n) is 25.8. The molecule has 0 spiro atoms. The Labute approximate surface area is 430 Å². The number of ether oxygens (including phenoxy) is 8. The van der Waals surface area contributed by atoms with Gasteiger partial charge in [-0.3, -0.25) is 19.1 Å². The molecule has 17 atom stereocenters. The Morgan fingerprint density at radius 1 is 0.904 bits per heavy atom. The van der Waals surface area contributed by atoms with Crippen LogP contribution in [-0.4, -0.2) is 206 Å². The lowest BCUT2D eigenvalue weighted by molar-refractivity contribution is -0.322. The van der Waals surface area contributed by atoms with Crippen molar-refractivity contribution < 1.29 is 72.7 Å². The number of benzene rings is 1. The number of aryl methyl sites for hydroxylation is 1. The van der Waals surface area contributed by atoms with Gasteiger partial charge in [0.15, 0.2) is 18.4 Å². The summed E-state index contributed by atoms with van der Waals surface area (Å²) >= 11 is 0. The lowest BCUT2D eigenvalue weighted by Crippen LogP contribution is -2.64. The summed E-state index contributed by atoms with van der Waals surface area (Å²) in [5.74, 6) is -5.24. The van der Waals surface area contributed by atoms with Crippen molar-refractivity contribution in [2.45, 2.75) is 178 Å². The van der Waals surface area contributed by atoms with Crippen molar-refractivity contribution in [3.63, 3.8) is 0 Å². The molecule has 412 valence electrons.